The van der Waals surface area contributed by atoms with E-state index >= 15 is 0 Å². The molecule has 1 aliphatic carbocycles. The highest BCUT2D eigenvalue weighted by atomic mass is 32.2. The highest BCUT2D eigenvalue weighted by molar-refractivity contribution is 7.89. The summed E-state index contributed by atoms with van der Waals surface area (Å²) in [5.74, 6) is -0.363. The normalized spacial score (nSPS) is 19.4. The van der Waals surface area contributed by atoms with E-state index in [1.807, 2.05) is 20.8 Å². The second kappa shape index (κ2) is 5.87. The minimum atomic E-state index is -1.23. The van der Waals surface area contributed by atoms with Crippen LogP contribution in [0.15, 0.2) is 37.0 Å². The average Bonchev–Trinajstić information content (AvgIpc) is 3.13. The predicted octanol–water partition coefficient (Wildman–Crippen LogP) is 2.91. The van der Waals surface area contributed by atoms with Gasteiger partial charge in [0.15, 0.2) is 0 Å². The van der Waals surface area contributed by atoms with E-state index < -0.39 is 20.3 Å². The van der Waals surface area contributed by atoms with E-state index in [-0.39, 0.29) is 12.6 Å². The van der Waals surface area contributed by atoms with Crippen molar-refractivity contribution in [2.45, 2.75) is 43.1 Å². The number of allylic oxidation sites excluding steroid dienone is 2. The Morgan fingerprint density at radius 2 is 1.95 bits per heavy atom. The second-order valence-electron chi connectivity index (χ2n) is 5.63. The molecule has 1 atom stereocenters. The lowest BCUT2D eigenvalue weighted by Crippen LogP contribution is -2.39. The van der Waals surface area contributed by atoms with Gasteiger partial charge in [-0.25, -0.2) is 0 Å². The summed E-state index contributed by atoms with van der Waals surface area (Å²) in [4.78, 5) is 12.1. The molecular weight excluding hydrogens is 260 g/mol. The number of ether oxygens (including phenoxy) is 1. The third kappa shape index (κ3) is 3.66. The first-order valence-electron chi connectivity index (χ1n) is 6.31. The first-order chi connectivity index (χ1) is 8.78. The zero-order valence-electron chi connectivity index (χ0n) is 11.9. The molecule has 1 saturated carbocycles. The zero-order valence-corrected chi connectivity index (χ0v) is 12.7. The van der Waals surface area contributed by atoms with Crippen LogP contribution >= 0.6 is 0 Å². The molecule has 1 unspecified atom stereocenters. The number of esters is 1. The summed E-state index contributed by atoms with van der Waals surface area (Å²) in [6.07, 6.45) is 6.26. The van der Waals surface area contributed by atoms with Crippen molar-refractivity contribution in [3.63, 3.8) is 0 Å². The molecule has 0 heterocycles. The molecule has 0 spiro atoms. The monoisotopic (exact) mass is 282 g/mol. The van der Waals surface area contributed by atoms with Crippen LogP contribution < -0.4 is 0 Å². The van der Waals surface area contributed by atoms with Gasteiger partial charge in [-0.15, -0.1) is 0 Å². The van der Waals surface area contributed by atoms with Gasteiger partial charge < -0.3 is 4.74 Å². The molecule has 0 N–H and O–H groups in total. The maximum atomic E-state index is 12.4. The molecule has 0 bridgehead atoms. The van der Waals surface area contributed by atoms with Gasteiger partial charge in [0.2, 0.25) is 0 Å². The van der Waals surface area contributed by atoms with Crippen LogP contribution in [0.3, 0.4) is 0 Å². The van der Waals surface area contributed by atoms with E-state index in [4.69, 9.17) is 4.74 Å². The summed E-state index contributed by atoms with van der Waals surface area (Å²) in [5, 5.41) is 0. The van der Waals surface area contributed by atoms with Crippen molar-refractivity contribution in [1.29, 1.82) is 0 Å². The smallest absolute Gasteiger partial charge is 0.325 e. The third-order valence-electron chi connectivity index (χ3n) is 2.95. The summed E-state index contributed by atoms with van der Waals surface area (Å²) in [6.45, 7) is 13.0. The van der Waals surface area contributed by atoms with Gasteiger partial charge in [0, 0.05) is 15.5 Å². The molecule has 0 aliphatic heterocycles. The highest BCUT2D eigenvalue weighted by Gasteiger charge is 2.59. The lowest BCUT2D eigenvalue weighted by Gasteiger charge is -2.24. The van der Waals surface area contributed by atoms with E-state index in [9.17, 15) is 9.00 Å². The molecule has 0 amide bonds. The van der Waals surface area contributed by atoms with Crippen molar-refractivity contribution in [2.75, 3.05) is 6.61 Å². The standard InChI is InChI=1S/C15H22O3S/c1-6-8-12(7-2)11-18-13(16)15(9-10-15)19(17)14(3,4)5/h6-8H,1-2,9-11H2,3-5H3/b12-8+. The molecule has 4 heteroatoms. The van der Waals surface area contributed by atoms with Crippen molar-refractivity contribution >= 4 is 16.8 Å². The van der Waals surface area contributed by atoms with Crippen LogP contribution in [0.5, 0.6) is 0 Å². The van der Waals surface area contributed by atoms with Crippen molar-refractivity contribution in [3.05, 3.63) is 37.0 Å². The summed E-state index contributed by atoms with van der Waals surface area (Å²) in [5.41, 5.74) is 0.778. The van der Waals surface area contributed by atoms with Gasteiger partial charge in [0.05, 0.1) is 0 Å². The molecule has 0 aromatic carbocycles. The third-order valence-corrected chi connectivity index (χ3v) is 5.35. The fraction of sp³-hybridized carbons (Fsp3) is 0.533. The molecule has 106 valence electrons. The molecule has 0 aromatic rings. The van der Waals surface area contributed by atoms with Crippen LogP contribution in [-0.4, -0.2) is 26.3 Å². The van der Waals surface area contributed by atoms with Crippen LogP contribution in [0.2, 0.25) is 0 Å². The Labute approximate surface area is 117 Å². The van der Waals surface area contributed by atoms with Crippen LogP contribution in [0.1, 0.15) is 33.6 Å². The predicted molar refractivity (Wildman–Crippen MR) is 79.3 cm³/mol. The number of rotatable bonds is 6. The number of hydrogen-bond acceptors (Lipinski definition) is 3. The Bertz CT molecular complexity index is 437. The van der Waals surface area contributed by atoms with Crippen molar-refractivity contribution < 1.29 is 13.7 Å². The average molecular weight is 282 g/mol. The molecule has 1 fully saturated rings. The first-order valence-corrected chi connectivity index (χ1v) is 7.46. The lowest BCUT2D eigenvalue weighted by atomic mass is 10.2. The molecule has 0 radical (unpaired) electrons. The lowest BCUT2D eigenvalue weighted by molar-refractivity contribution is -0.142. The zero-order chi connectivity index (χ0) is 14.7. The van der Waals surface area contributed by atoms with Gasteiger partial charge in [0.1, 0.15) is 11.4 Å². The molecule has 3 nitrogen and oxygen atoms in total. The first kappa shape index (κ1) is 15.9. The van der Waals surface area contributed by atoms with Crippen LogP contribution in [0.4, 0.5) is 0 Å². The molecule has 0 saturated heterocycles. The Morgan fingerprint density at radius 3 is 2.32 bits per heavy atom. The van der Waals surface area contributed by atoms with Gasteiger partial charge in [-0.2, -0.15) is 0 Å². The molecule has 1 aliphatic rings. The number of carbonyl (C=O) groups is 1. The molecule has 19 heavy (non-hydrogen) atoms. The van der Waals surface area contributed by atoms with Crippen molar-refractivity contribution in [2.24, 2.45) is 0 Å². The minimum absolute atomic E-state index is 0.150. The second-order valence-corrected chi connectivity index (χ2v) is 8.18. The largest absolute Gasteiger partial charge is 0.460 e. The van der Waals surface area contributed by atoms with E-state index in [2.05, 4.69) is 13.2 Å². The Kier molecular flexibility index (Phi) is 4.91. The van der Waals surface area contributed by atoms with Gasteiger partial charge >= 0.3 is 5.97 Å². The Morgan fingerprint density at radius 1 is 1.37 bits per heavy atom. The van der Waals surface area contributed by atoms with E-state index in [1.165, 1.54) is 0 Å². The van der Waals surface area contributed by atoms with E-state index in [0.717, 1.165) is 5.57 Å². The molecule has 1 rings (SSSR count). The Balaban J connectivity index is 2.69. The van der Waals surface area contributed by atoms with Crippen LogP contribution in [0.25, 0.3) is 0 Å². The maximum Gasteiger partial charge on any atom is 0.325 e. The molecular formula is C15H22O3S. The number of carbonyl (C=O) groups excluding carboxylic acids is 1. The SMILES string of the molecule is C=C/C=C(\C=C)COC(=O)C1(S(=O)C(C)(C)C)CC1. The fourth-order valence-electron chi connectivity index (χ4n) is 1.77. The van der Waals surface area contributed by atoms with Crippen LogP contribution in [0, 0.1) is 0 Å². The fourth-order valence-corrected chi connectivity index (χ4v) is 3.63. The summed E-state index contributed by atoms with van der Waals surface area (Å²) in [7, 11) is -1.23. The quantitative estimate of drug-likeness (QED) is 0.556. The van der Waals surface area contributed by atoms with Gasteiger partial charge in [-0.05, 0) is 39.2 Å². The molecule has 0 aromatic heterocycles. The maximum absolute atomic E-state index is 12.4. The van der Waals surface area contributed by atoms with Gasteiger partial charge in [-0.3, -0.25) is 9.00 Å². The van der Waals surface area contributed by atoms with Crippen LogP contribution in [-0.2, 0) is 20.3 Å². The summed E-state index contributed by atoms with van der Waals surface area (Å²) < 4.78 is 16.5. The van der Waals surface area contributed by atoms with E-state index in [0.29, 0.717) is 12.8 Å². The van der Waals surface area contributed by atoms with Gasteiger partial charge in [-0.1, -0.05) is 31.4 Å². The number of hydrogen-bond donors (Lipinski definition) is 0. The van der Waals surface area contributed by atoms with E-state index in [1.54, 1.807) is 18.2 Å². The topological polar surface area (TPSA) is 43.4 Å². The van der Waals surface area contributed by atoms with Crippen molar-refractivity contribution in [3.8, 4) is 0 Å². The summed E-state index contributed by atoms with van der Waals surface area (Å²) >= 11 is 0. The van der Waals surface area contributed by atoms with Crippen molar-refractivity contribution in [1.82, 2.24) is 0 Å². The van der Waals surface area contributed by atoms with Gasteiger partial charge in [0.25, 0.3) is 0 Å². The Hall–Kier alpha value is -1.16. The minimum Gasteiger partial charge on any atom is -0.460 e. The highest BCUT2D eigenvalue weighted by Crippen LogP contribution is 2.46. The summed E-state index contributed by atoms with van der Waals surface area (Å²) in [6, 6.07) is 0.